The molecule has 1 unspecified atom stereocenters. The first-order chi connectivity index (χ1) is 8.74. The third kappa shape index (κ3) is 2.23. The lowest BCUT2D eigenvalue weighted by Gasteiger charge is -2.24. The van der Waals surface area contributed by atoms with Gasteiger partial charge in [0.15, 0.2) is 5.65 Å². The van der Waals surface area contributed by atoms with Gasteiger partial charge in [0.05, 0.1) is 0 Å². The lowest BCUT2D eigenvalue weighted by Crippen LogP contribution is -2.38. The van der Waals surface area contributed by atoms with Crippen molar-refractivity contribution in [3.63, 3.8) is 0 Å². The van der Waals surface area contributed by atoms with Crippen LogP contribution in [0.3, 0.4) is 0 Å². The van der Waals surface area contributed by atoms with E-state index in [1.807, 2.05) is 0 Å². The Morgan fingerprint density at radius 2 is 2.17 bits per heavy atom. The first kappa shape index (κ1) is 12.0. The van der Waals surface area contributed by atoms with Crippen molar-refractivity contribution >= 4 is 40.1 Å². The molecule has 1 aliphatic rings. The van der Waals surface area contributed by atoms with Gasteiger partial charge >= 0.3 is 0 Å². The van der Waals surface area contributed by atoms with E-state index in [1.54, 1.807) is 0 Å². The van der Waals surface area contributed by atoms with Crippen molar-refractivity contribution in [1.29, 1.82) is 0 Å². The molecular weight excluding hydrogens is 275 g/mol. The number of hydrogen-bond donors (Lipinski definition) is 3. The lowest BCUT2D eigenvalue weighted by molar-refractivity contribution is 0.479. The molecule has 8 heteroatoms. The summed E-state index contributed by atoms with van der Waals surface area (Å²) in [6.07, 6.45) is 2.23. The highest BCUT2D eigenvalue weighted by Gasteiger charge is 2.18. The van der Waals surface area contributed by atoms with Gasteiger partial charge in [0, 0.05) is 12.6 Å². The number of aromatic nitrogens is 4. The first-order valence-electron chi connectivity index (χ1n) is 5.78. The fourth-order valence-corrected chi connectivity index (χ4v) is 2.52. The average Bonchev–Trinajstić information content (AvgIpc) is 2.72. The number of anilines is 1. The molecule has 3 heterocycles. The van der Waals surface area contributed by atoms with Crippen LogP contribution >= 0.6 is 23.2 Å². The zero-order valence-electron chi connectivity index (χ0n) is 9.50. The van der Waals surface area contributed by atoms with E-state index in [4.69, 9.17) is 23.2 Å². The van der Waals surface area contributed by atoms with Crippen LogP contribution < -0.4 is 10.6 Å². The molecule has 6 nitrogen and oxygen atoms in total. The molecule has 2 aromatic rings. The molecule has 0 amide bonds. The zero-order valence-corrected chi connectivity index (χ0v) is 11.0. The molecule has 96 valence electrons. The van der Waals surface area contributed by atoms with Gasteiger partial charge in [0.2, 0.25) is 5.28 Å². The Kier molecular flexibility index (Phi) is 3.23. The van der Waals surface area contributed by atoms with E-state index in [-0.39, 0.29) is 5.28 Å². The molecule has 1 fully saturated rings. The Morgan fingerprint density at radius 3 is 2.94 bits per heavy atom. The number of hydrogen-bond acceptors (Lipinski definition) is 5. The van der Waals surface area contributed by atoms with Gasteiger partial charge in [-0.3, -0.25) is 5.10 Å². The summed E-state index contributed by atoms with van der Waals surface area (Å²) in [6, 6.07) is 0.318. The molecular formula is C10H12Cl2N6. The number of piperidine rings is 1. The highest BCUT2D eigenvalue weighted by atomic mass is 35.5. The Labute approximate surface area is 113 Å². The molecule has 18 heavy (non-hydrogen) atoms. The van der Waals surface area contributed by atoms with E-state index in [0.717, 1.165) is 25.9 Å². The fourth-order valence-electron chi connectivity index (χ4n) is 2.14. The SMILES string of the molecule is Clc1nc(NC2CCCNC2)c2c(Cl)[nH]nc2n1. The standard InChI is InChI=1S/C10H12Cl2N6/c11-7-6-8(14-5-2-1-3-13-4-5)15-10(12)16-9(6)18-17-7/h5,13H,1-4H2,(H2,14,15,16,17,18). The predicted octanol–water partition coefficient (Wildman–Crippen LogP) is 1.82. The molecule has 0 bridgehead atoms. The van der Waals surface area contributed by atoms with Crippen molar-refractivity contribution in [2.24, 2.45) is 0 Å². The Balaban J connectivity index is 1.96. The summed E-state index contributed by atoms with van der Waals surface area (Å²) >= 11 is 11.9. The third-order valence-electron chi connectivity index (χ3n) is 2.98. The predicted molar refractivity (Wildman–Crippen MR) is 71.2 cm³/mol. The van der Waals surface area contributed by atoms with Crippen LogP contribution in [0.4, 0.5) is 5.82 Å². The largest absolute Gasteiger partial charge is 0.365 e. The molecule has 0 radical (unpaired) electrons. The van der Waals surface area contributed by atoms with E-state index < -0.39 is 0 Å². The Bertz CT molecular complexity index is 563. The summed E-state index contributed by atoms with van der Waals surface area (Å²) in [4.78, 5) is 8.22. The van der Waals surface area contributed by atoms with Crippen molar-refractivity contribution in [3.8, 4) is 0 Å². The fraction of sp³-hybridized carbons (Fsp3) is 0.500. The van der Waals surface area contributed by atoms with Gasteiger partial charge in [0.25, 0.3) is 0 Å². The number of nitrogens with one attached hydrogen (secondary N) is 3. The van der Waals surface area contributed by atoms with Crippen LogP contribution in [0.25, 0.3) is 11.0 Å². The summed E-state index contributed by atoms with van der Waals surface area (Å²) in [5.74, 6) is 0.637. The maximum atomic E-state index is 6.05. The molecule has 1 saturated heterocycles. The molecule has 0 saturated carbocycles. The van der Waals surface area contributed by atoms with Crippen LogP contribution in [-0.2, 0) is 0 Å². The average molecular weight is 287 g/mol. The first-order valence-corrected chi connectivity index (χ1v) is 6.54. The van der Waals surface area contributed by atoms with Crippen molar-refractivity contribution in [3.05, 3.63) is 10.4 Å². The van der Waals surface area contributed by atoms with Crippen LogP contribution in [0.15, 0.2) is 0 Å². The van der Waals surface area contributed by atoms with Gasteiger partial charge in [-0.25, -0.2) is 0 Å². The molecule has 0 spiro atoms. The summed E-state index contributed by atoms with van der Waals surface area (Å²) in [6.45, 7) is 1.96. The monoisotopic (exact) mass is 286 g/mol. The molecule has 1 aliphatic heterocycles. The number of rotatable bonds is 2. The molecule has 0 aliphatic carbocycles. The van der Waals surface area contributed by atoms with Gasteiger partial charge < -0.3 is 10.6 Å². The summed E-state index contributed by atoms with van der Waals surface area (Å²) in [7, 11) is 0. The normalized spacial score (nSPS) is 20.2. The second kappa shape index (κ2) is 4.87. The number of fused-ring (bicyclic) bond motifs is 1. The molecule has 1 atom stereocenters. The van der Waals surface area contributed by atoms with Crippen LogP contribution in [-0.4, -0.2) is 39.3 Å². The summed E-state index contributed by atoms with van der Waals surface area (Å²) in [5, 5.41) is 14.6. The smallest absolute Gasteiger partial charge is 0.226 e. The quantitative estimate of drug-likeness (QED) is 0.734. The van der Waals surface area contributed by atoms with Crippen molar-refractivity contribution in [1.82, 2.24) is 25.5 Å². The molecule has 2 aromatic heterocycles. The van der Waals surface area contributed by atoms with Crippen molar-refractivity contribution in [2.75, 3.05) is 18.4 Å². The minimum Gasteiger partial charge on any atom is -0.365 e. The Hall–Kier alpha value is -1.11. The van der Waals surface area contributed by atoms with Crippen LogP contribution in [0.1, 0.15) is 12.8 Å². The maximum absolute atomic E-state index is 6.05. The van der Waals surface area contributed by atoms with Gasteiger partial charge in [-0.1, -0.05) is 11.6 Å². The van der Waals surface area contributed by atoms with Crippen LogP contribution in [0, 0.1) is 0 Å². The van der Waals surface area contributed by atoms with Crippen LogP contribution in [0.5, 0.6) is 0 Å². The van der Waals surface area contributed by atoms with E-state index in [0.29, 0.717) is 28.0 Å². The molecule has 0 aromatic carbocycles. The van der Waals surface area contributed by atoms with Gasteiger partial charge in [0.1, 0.15) is 16.4 Å². The Morgan fingerprint density at radius 1 is 1.28 bits per heavy atom. The summed E-state index contributed by atoms with van der Waals surface area (Å²) in [5.41, 5.74) is 0.478. The zero-order chi connectivity index (χ0) is 12.5. The van der Waals surface area contributed by atoms with Crippen molar-refractivity contribution in [2.45, 2.75) is 18.9 Å². The lowest BCUT2D eigenvalue weighted by atomic mass is 10.1. The summed E-state index contributed by atoms with van der Waals surface area (Å²) < 4.78 is 0. The molecule has 3 N–H and O–H groups in total. The van der Waals surface area contributed by atoms with Gasteiger partial charge in [-0.15, -0.1) is 0 Å². The van der Waals surface area contributed by atoms with E-state index in [1.165, 1.54) is 0 Å². The van der Waals surface area contributed by atoms with E-state index >= 15 is 0 Å². The topological polar surface area (TPSA) is 78.5 Å². The number of nitrogens with zero attached hydrogens (tertiary/aromatic N) is 3. The maximum Gasteiger partial charge on any atom is 0.226 e. The minimum atomic E-state index is 0.164. The third-order valence-corrected chi connectivity index (χ3v) is 3.42. The second-order valence-corrected chi connectivity index (χ2v) is 4.98. The van der Waals surface area contributed by atoms with E-state index in [9.17, 15) is 0 Å². The van der Waals surface area contributed by atoms with Crippen LogP contribution in [0.2, 0.25) is 10.4 Å². The number of halogens is 2. The van der Waals surface area contributed by atoms with Gasteiger partial charge in [-0.2, -0.15) is 15.1 Å². The van der Waals surface area contributed by atoms with Gasteiger partial charge in [-0.05, 0) is 31.0 Å². The highest BCUT2D eigenvalue weighted by molar-refractivity contribution is 6.35. The van der Waals surface area contributed by atoms with E-state index in [2.05, 4.69) is 30.8 Å². The molecule has 3 rings (SSSR count). The van der Waals surface area contributed by atoms with Crippen molar-refractivity contribution < 1.29 is 0 Å². The highest BCUT2D eigenvalue weighted by Crippen LogP contribution is 2.27. The number of aromatic amines is 1. The minimum absolute atomic E-state index is 0.164. The second-order valence-electron chi connectivity index (χ2n) is 4.27. The number of H-pyrrole nitrogens is 1.